The Morgan fingerprint density at radius 1 is 1.12 bits per heavy atom. The third-order valence-corrected chi connectivity index (χ3v) is 3.38. The lowest BCUT2D eigenvalue weighted by Gasteiger charge is -2.16. The van der Waals surface area contributed by atoms with Gasteiger partial charge in [0.1, 0.15) is 11.6 Å². The van der Waals surface area contributed by atoms with Crippen molar-refractivity contribution in [2.45, 2.75) is 19.6 Å². The highest BCUT2D eigenvalue weighted by molar-refractivity contribution is 5.79. The van der Waals surface area contributed by atoms with Crippen molar-refractivity contribution < 1.29 is 13.9 Å². The smallest absolute Gasteiger partial charge is 0.191 e. The first-order valence-corrected chi connectivity index (χ1v) is 7.79. The van der Waals surface area contributed by atoms with E-state index in [2.05, 4.69) is 15.6 Å². The van der Waals surface area contributed by atoms with E-state index in [1.807, 2.05) is 6.92 Å². The van der Waals surface area contributed by atoms with E-state index in [1.165, 1.54) is 18.2 Å². The molecular weight excluding hydrogens is 312 g/mol. The van der Waals surface area contributed by atoms with Crippen LogP contribution in [0, 0.1) is 11.6 Å². The number of nitrogens with one attached hydrogen (secondary N) is 2. The standard InChI is InChI=1S/C18H21F2N3O/c1-2-21-18(22-11-13-6-5-7-14(19)10-13)23-12-17(24)15-8-3-4-9-16(15)20/h3-10,17,24H,2,11-12H2,1H3,(H2,21,22,23). The van der Waals surface area contributed by atoms with Gasteiger partial charge >= 0.3 is 0 Å². The molecule has 3 N–H and O–H groups in total. The molecular formula is C18H21F2N3O. The first-order valence-electron chi connectivity index (χ1n) is 7.79. The topological polar surface area (TPSA) is 56.7 Å². The zero-order valence-electron chi connectivity index (χ0n) is 13.5. The number of aliphatic hydroxyl groups excluding tert-OH is 1. The Labute approximate surface area is 140 Å². The highest BCUT2D eigenvalue weighted by Gasteiger charge is 2.12. The maximum absolute atomic E-state index is 13.7. The fourth-order valence-corrected chi connectivity index (χ4v) is 2.20. The average Bonchev–Trinajstić information content (AvgIpc) is 2.57. The van der Waals surface area contributed by atoms with Crippen molar-refractivity contribution in [3.8, 4) is 0 Å². The van der Waals surface area contributed by atoms with Crippen molar-refractivity contribution in [1.29, 1.82) is 0 Å². The summed E-state index contributed by atoms with van der Waals surface area (Å²) in [6.45, 7) is 2.94. The van der Waals surface area contributed by atoms with Gasteiger partial charge in [-0.2, -0.15) is 0 Å². The molecule has 0 radical (unpaired) electrons. The van der Waals surface area contributed by atoms with Gasteiger partial charge in [0.05, 0.1) is 12.6 Å². The minimum Gasteiger partial charge on any atom is -0.386 e. The van der Waals surface area contributed by atoms with Gasteiger partial charge in [-0.25, -0.2) is 13.8 Å². The van der Waals surface area contributed by atoms with E-state index in [1.54, 1.807) is 30.3 Å². The first kappa shape index (κ1) is 17.9. The van der Waals surface area contributed by atoms with Crippen LogP contribution in [0.1, 0.15) is 24.2 Å². The second-order valence-electron chi connectivity index (χ2n) is 5.24. The molecule has 0 aromatic heterocycles. The minimum atomic E-state index is -0.996. The Morgan fingerprint density at radius 3 is 2.62 bits per heavy atom. The van der Waals surface area contributed by atoms with Gasteiger partial charge in [0.15, 0.2) is 5.96 Å². The molecule has 6 heteroatoms. The molecule has 2 rings (SSSR count). The molecule has 0 fully saturated rings. The predicted octanol–water partition coefficient (Wildman–Crippen LogP) is 2.75. The highest BCUT2D eigenvalue weighted by Crippen LogP contribution is 2.15. The van der Waals surface area contributed by atoms with Crippen molar-refractivity contribution >= 4 is 5.96 Å². The molecule has 1 atom stereocenters. The Morgan fingerprint density at radius 2 is 1.92 bits per heavy atom. The molecule has 0 aliphatic carbocycles. The van der Waals surface area contributed by atoms with Crippen LogP contribution in [0.3, 0.4) is 0 Å². The first-order chi connectivity index (χ1) is 11.6. The van der Waals surface area contributed by atoms with Crippen LogP contribution >= 0.6 is 0 Å². The number of benzene rings is 2. The second-order valence-corrected chi connectivity index (χ2v) is 5.24. The van der Waals surface area contributed by atoms with Crippen LogP contribution in [-0.2, 0) is 6.54 Å². The largest absolute Gasteiger partial charge is 0.386 e. The zero-order chi connectivity index (χ0) is 17.4. The van der Waals surface area contributed by atoms with Gasteiger partial charge < -0.3 is 15.7 Å². The molecule has 1 unspecified atom stereocenters. The summed E-state index contributed by atoms with van der Waals surface area (Å²) in [5.41, 5.74) is 0.966. The van der Waals surface area contributed by atoms with E-state index in [0.717, 1.165) is 5.56 Å². The van der Waals surface area contributed by atoms with E-state index >= 15 is 0 Å². The minimum absolute atomic E-state index is 0.107. The number of halogens is 2. The number of rotatable bonds is 6. The predicted molar refractivity (Wildman–Crippen MR) is 90.6 cm³/mol. The van der Waals surface area contributed by atoms with E-state index in [-0.39, 0.29) is 17.9 Å². The Bertz CT molecular complexity index is 691. The summed E-state index contributed by atoms with van der Waals surface area (Å²) in [6.07, 6.45) is -0.996. The lowest BCUT2D eigenvalue weighted by Crippen LogP contribution is -2.39. The van der Waals surface area contributed by atoms with Crippen LogP contribution in [0.2, 0.25) is 0 Å². The summed E-state index contributed by atoms with van der Waals surface area (Å²) in [4.78, 5) is 4.34. The van der Waals surface area contributed by atoms with Crippen LogP contribution in [0.25, 0.3) is 0 Å². The third-order valence-electron chi connectivity index (χ3n) is 3.38. The van der Waals surface area contributed by atoms with E-state index in [0.29, 0.717) is 19.0 Å². The summed E-state index contributed by atoms with van der Waals surface area (Å²) in [5.74, 6) is -0.290. The van der Waals surface area contributed by atoms with Gasteiger partial charge in [-0.05, 0) is 30.7 Å². The molecule has 0 saturated heterocycles. The lowest BCUT2D eigenvalue weighted by atomic mass is 10.1. The molecule has 24 heavy (non-hydrogen) atoms. The number of aliphatic imine (C=N–C) groups is 1. The number of hydrogen-bond acceptors (Lipinski definition) is 2. The van der Waals surface area contributed by atoms with Crippen molar-refractivity contribution in [3.63, 3.8) is 0 Å². The molecule has 0 heterocycles. The van der Waals surface area contributed by atoms with E-state index in [4.69, 9.17) is 0 Å². The van der Waals surface area contributed by atoms with Crippen molar-refractivity contribution in [1.82, 2.24) is 10.6 Å². The SMILES string of the molecule is CCNC(=NCc1cccc(F)c1)NCC(O)c1ccccc1F. The Balaban J connectivity index is 1.97. The van der Waals surface area contributed by atoms with Crippen LogP contribution < -0.4 is 10.6 Å². The van der Waals surface area contributed by atoms with Gasteiger partial charge in [-0.15, -0.1) is 0 Å². The lowest BCUT2D eigenvalue weighted by molar-refractivity contribution is 0.176. The molecule has 0 aliphatic rings. The molecule has 0 amide bonds. The van der Waals surface area contributed by atoms with Crippen molar-refractivity contribution in [2.75, 3.05) is 13.1 Å². The molecule has 4 nitrogen and oxygen atoms in total. The molecule has 0 aliphatic heterocycles. The fourth-order valence-electron chi connectivity index (χ4n) is 2.20. The molecule has 2 aromatic carbocycles. The van der Waals surface area contributed by atoms with E-state index < -0.39 is 11.9 Å². The van der Waals surface area contributed by atoms with Gasteiger partial charge in [0.2, 0.25) is 0 Å². The van der Waals surface area contributed by atoms with Gasteiger partial charge in [0, 0.05) is 18.7 Å². The molecule has 128 valence electrons. The monoisotopic (exact) mass is 333 g/mol. The number of nitrogens with zero attached hydrogens (tertiary/aromatic N) is 1. The van der Waals surface area contributed by atoms with Gasteiger partial charge in [-0.3, -0.25) is 0 Å². The third kappa shape index (κ3) is 5.31. The number of hydrogen-bond donors (Lipinski definition) is 3. The summed E-state index contributed by atoms with van der Waals surface area (Å²) in [5, 5.41) is 16.1. The Kier molecular flexibility index (Phi) is 6.69. The fraction of sp³-hybridized carbons (Fsp3) is 0.278. The van der Waals surface area contributed by atoms with Crippen LogP contribution in [0.5, 0.6) is 0 Å². The van der Waals surface area contributed by atoms with Crippen LogP contribution in [0.15, 0.2) is 53.5 Å². The summed E-state index contributed by atoms with van der Waals surface area (Å²) < 4.78 is 26.8. The highest BCUT2D eigenvalue weighted by atomic mass is 19.1. The second kappa shape index (κ2) is 8.98. The van der Waals surface area contributed by atoms with Gasteiger partial charge in [0.25, 0.3) is 0 Å². The molecule has 0 spiro atoms. The maximum Gasteiger partial charge on any atom is 0.191 e. The van der Waals surface area contributed by atoms with E-state index in [9.17, 15) is 13.9 Å². The Hall–Kier alpha value is -2.47. The summed E-state index contributed by atoms with van der Waals surface area (Å²) >= 11 is 0. The molecule has 0 bridgehead atoms. The maximum atomic E-state index is 13.7. The van der Waals surface area contributed by atoms with Crippen molar-refractivity contribution in [3.05, 3.63) is 71.3 Å². The number of aliphatic hydroxyl groups is 1. The quantitative estimate of drug-likeness (QED) is 0.563. The molecule has 2 aromatic rings. The van der Waals surface area contributed by atoms with Crippen molar-refractivity contribution in [2.24, 2.45) is 4.99 Å². The zero-order valence-corrected chi connectivity index (χ0v) is 13.5. The van der Waals surface area contributed by atoms with Gasteiger partial charge in [-0.1, -0.05) is 30.3 Å². The number of guanidine groups is 1. The van der Waals surface area contributed by atoms with Crippen LogP contribution in [0.4, 0.5) is 8.78 Å². The normalized spacial score (nSPS) is 12.8. The summed E-state index contributed by atoms with van der Waals surface area (Å²) in [6, 6.07) is 12.3. The summed E-state index contributed by atoms with van der Waals surface area (Å²) in [7, 11) is 0. The molecule has 0 saturated carbocycles. The van der Waals surface area contributed by atoms with Crippen LogP contribution in [-0.4, -0.2) is 24.2 Å². The average molecular weight is 333 g/mol.